The Balaban J connectivity index is 0.936. The summed E-state index contributed by atoms with van der Waals surface area (Å²) in [7, 11) is 0. The van der Waals surface area contributed by atoms with Gasteiger partial charge in [-0.2, -0.15) is 0 Å². The predicted molar refractivity (Wildman–Crippen MR) is 251 cm³/mol. The molecule has 3 aromatic heterocycles. The molecular weight excluding hydrogens is 753 g/mol. The van der Waals surface area contributed by atoms with Gasteiger partial charge >= 0.3 is 0 Å². The summed E-state index contributed by atoms with van der Waals surface area (Å²) in [6, 6.07) is 73.0. The van der Waals surface area contributed by atoms with Crippen molar-refractivity contribution in [2.75, 3.05) is 4.90 Å². The van der Waals surface area contributed by atoms with Crippen molar-refractivity contribution in [1.82, 2.24) is 4.98 Å². The van der Waals surface area contributed by atoms with Crippen molar-refractivity contribution in [3.63, 3.8) is 0 Å². The van der Waals surface area contributed by atoms with E-state index in [2.05, 4.69) is 169 Å². The number of hydrogen-bond acceptors (Lipinski definition) is 5. The Morgan fingerprint density at radius 3 is 1.80 bits per heavy atom. The van der Waals surface area contributed by atoms with Crippen LogP contribution in [0.5, 0.6) is 0 Å². The van der Waals surface area contributed by atoms with Gasteiger partial charge in [-0.25, -0.2) is 4.98 Å². The molecule has 0 bridgehead atoms. The highest BCUT2D eigenvalue weighted by Crippen LogP contribution is 2.44. The molecule has 0 aliphatic heterocycles. The van der Waals surface area contributed by atoms with Crippen molar-refractivity contribution in [1.29, 1.82) is 0 Å². The number of nitrogens with zero attached hydrogens (tertiary/aromatic N) is 2. The molecule has 0 radical (unpaired) electrons. The molecule has 0 saturated carbocycles. The van der Waals surface area contributed by atoms with Crippen molar-refractivity contribution in [3.05, 3.63) is 206 Å². The average Bonchev–Trinajstić information content (AvgIpc) is 4.04. The Morgan fingerprint density at radius 1 is 0.383 bits per heavy atom. The van der Waals surface area contributed by atoms with Gasteiger partial charge in [-0.3, -0.25) is 0 Å². The quantitative estimate of drug-likeness (QED) is 0.161. The van der Waals surface area contributed by atoms with E-state index in [1.807, 2.05) is 53.8 Å². The van der Waals surface area contributed by atoms with Crippen LogP contribution in [0.25, 0.3) is 98.0 Å². The Kier molecular flexibility index (Phi) is 8.00. The number of thiophene rings is 1. The van der Waals surface area contributed by atoms with Crippen LogP contribution in [-0.2, 0) is 0 Å². The Bertz CT molecular complexity index is 3530. The third kappa shape index (κ3) is 5.78. The van der Waals surface area contributed by atoms with E-state index < -0.39 is 0 Å². The van der Waals surface area contributed by atoms with Gasteiger partial charge in [0, 0.05) is 48.2 Å². The smallest absolute Gasteiger partial charge is 0.227 e. The molecule has 0 unspecified atom stereocenters. The molecule has 5 heteroatoms. The minimum absolute atomic E-state index is 0.602. The van der Waals surface area contributed by atoms with Crippen molar-refractivity contribution < 1.29 is 8.83 Å². The lowest BCUT2D eigenvalue weighted by Gasteiger charge is -2.26. The van der Waals surface area contributed by atoms with Crippen LogP contribution in [0.3, 0.4) is 0 Å². The van der Waals surface area contributed by atoms with Crippen molar-refractivity contribution >= 4 is 81.6 Å². The Morgan fingerprint density at radius 2 is 1.02 bits per heavy atom. The van der Waals surface area contributed by atoms with Gasteiger partial charge < -0.3 is 13.7 Å². The fourth-order valence-corrected chi connectivity index (χ4v) is 9.77. The summed E-state index contributed by atoms with van der Waals surface area (Å²) < 4.78 is 15.4. The lowest BCUT2D eigenvalue weighted by Crippen LogP contribution is -2.10. The third-order valence-corrected chi connectivity index (χ3v) is 12.7. The van der Waals surface area contributed by atoms with Gasteiger partial charge in [0.05, 0.1) is 5.39 Å². The summed E-state index contributed by atoms with van der Waals surface area (Å²) in [5.74, 6) is 0.602. The summed E-state index contributed by atoms with van der Waals surface area (Å²) in [5.41, 5.74) is 14.3. The number of benzene rings is 9. The lowest BCUT2D eigenvalue weighted by atomic mass is 9.98. The molecule has 12 rings (SSSR count). The van der Waals surface area contributed by atoms with Gasteiger partial charge in [-0.1, -0.05) is 121 Å². The maximum atomic E-state index is 6.45. The highest BCUT2D eigenvalue weighted by molar-refractivity contribution is 7.25. The van der Waals surface area contributed by atoms with Crippen LogP contribution < -0.4 is 4.90 Å². The van der Waals surface area contributed by atoms with E-state index in [9.17, 15) is 0 Å². The van der Waals surface area contributed by atoms with Crippen LogP contribution in [-0.4, -0.2) is 4.98 Å². The van der Waals surface area contributed by atoms with Crippen LogP contribution in [0.1, 0.15) is 0 Å². The highest BCUT2D eigenvalue weighted by atomic mass is 32.1. The zero-order chi connectivity index (χ0) is 39.6. The minimum Gasteiger partial charge on any atom is -0.456 e. The molecule has 0 aliphatic rings. The van der Waals surface area contributed by atoms with Gasteiger partial charge in [0.2, 0.25) is 5.89 Å². The number of furan rings is 1. The van der Waals surface area contributed by atoms with E-state index in [0.717, 1.165) is 66.8 Å². The number of anilines is 3. The molecule has 0 N–H and O–H groups in total. The van der Waals surface area contributed by atoms with Gasteiger partial charge in [-0.05, 0) is 118 Å². The summed E-state index contributed by atoms with van der Waals surface area (Å²) in [6.07, 6.45) is 0. The zero-order valence-electron chi connectivity index (χ0n) is 32.2. The monoisotopic (exact) mass is 786 g/mol. The first-order valence-electron chi connectivity index (χ1n) is 20.1. The SMILES string of the molecule is c1ccc(-c2ccc(N(c3ccc(-c4ccc5c(c4)oc4ccc6nc(-c7ccccc7)oc6c45)cc3)c3cccc(-c4cccc5sc6ccccc6c45)c3)cc2)cc1. The summed E-state index contributed by atoms with van der Waals surface area (Å²) in [6.45, 7) is 0. The van der Waals surface area contributed by atoms with Crippen LogP contribution in [0.2, 0.25) is 0 Å². The summed E-state index contributed by atoms with van der Waals surface area (Å²) >= 11 is 1.85. The van der Waals surface area contributed by atoms with Crippen LogP contribution in [0.15, 0.2) is 215 Å². The Hall–Kier alpha value is -7.73. The predicted octanol–water partition coefficient (Wildman–Crippen LogP) is 16.2. The van der Waals surface area contributed by atoms with Crippen LogP contribution >= 0.6 is 11.3 Å². The summed E-state index contributed by atoms with van der Waals surface area (Å²) in [5, 5.41) is 4.55. The molecule has 0 aliphatic carbocycles. The fraction of sp³-hybridized carbons (Fsp3) is 0. The van der Waals surface area contributed by atoms with Gasteiger partial charge in [0.1, 0.15) is 16.7 Å². The van der Waals surface area contributed by atoms with Gasteiger partial charge in [0.15, 0.2) is 5.58 Å². The molecule has 0 saturated heterocycles. The van der Waals surface area contributed by atoms with Crippen molar-refractivity contribution in [3.8, 4) is 44.8 Å². The maximum Gasteiger partial charge on any atom is 0.227 e. The van der Waals surface area contributed by atoms with E-state index in [1.165, 1.54) is 42.4 Å². The van der Waals surface area contributed by atoms with E-state index >= 15 is 0 Å². The normalized spacial score (nSPS) is 11.7. The molecule has 0 fully saturated rings. The average molecular weight is 787 g/mol. The largest absolute Gasteiger partial charge is 0.456 e. The number of fused-ring (bicyclic) bond motifs is 8. The Labute approximate surface area is 349 Å². The van der Waals surface area contributed by atoms with Crippen molar-refractivity contribution in [2.24, 2.45) is 0 Å². The highest BCUT2D eigenvalue weighted by Gasteiger charge is 2.19. The maximum absolute atomic E-state index is 6.45. The number of hydrogen-bond donors (Lipinski definition) is 0. The number of rotatable bonds is 7. The van der Waals surface area contributed by atoms with Gasteiger partial charge in [0.25, 0.3) is 0 Å². The summed E-state index contributed by atoms with van der Waals surface area (Å²) in [4.78, 5) is 7.15. The topological polar surface area (TPSA) is 42.4 Å². The number of oxazole rings is 1. The number of aromatic nitrogens is 1. The van der Waals surface area contributed by atoms with Crippen LogP contribution in [0, 0.1) is 0 Å². The third-order valence-electron chi connectivity index (χ3n) is 11.5. The first kappa shape index (κ1) is 34.3. The molecule has 9 aromatic carbocycles. The molecule has 0 spiro atoms. The standard InChI is InChI=1S/C55H34N2O2S/c1-3-11-35(12-4-1)36-21-26-41(27-22-36)57(43-16-9-15-40(33-43)44-18-10-20-51-52(44)46-17-7-8-19-50(46)60-51)42-28-23-37(24-29-42)39-25-30-45-49(34-39)58-48-32-31-47-54(53(45)48)59-55(56-47)38-13-5-2-6-14-38/h1-34H. The molecule has 0 atom stereocenters. The molecule has 282 valence electrons. The van der Waals surface area contributed by atoms with Gasteiger partial charge in [-0.15, -0.1) is 11.3 Å². The second-order valence-electron chi connectivity index (χ2n) is 15.1. The van der Waals surface area contributed by atoms with Crippen LogP contribution in [0.4, 0.5) is 17.1 Å². The zero-order valence-corrected chi connectivity index (χ0v) is 33.1. The molecular formula is C55H34N2O2S. The first-order chi connectivity index (χ1) is 29.7. The molecule has 12 aromatic rings. The van der Waals surface area contributed by atoms with E-state index in [-0.39, 0.29) is 0 Å². The van der Waals surface area contributed by atoms with Crippen molar-refractivity contribution in [2.45, 2.75) is 0 Å². The molecule has 60 heavy (non-hydrogen) atoms. The second kappa shape index (κ2) is 14.0. The second-order valence-corrected chi connectivity index (χ2v) is 16.2. The molecule has 4 nitrogen and oxygen atoms in total. The van der Waals surface area contributed by atoms with E-state index in [4.69, 9.17) is 13.8 Å². The lowest BCUT2D eigenvalue weighted by molar-refractivity contribution is 0.622. The molecule has 0 amide bonds. The first-order valence-corrected chi connectivity index (χ1v) is 20.9. The van der Waals surface area contributed by atoms with E-state index in [0.29, 0.717) is 5.89 Å². The minimum atomic E-state index is 0.602. The molecule has 3 heterocycles. The fourth-order valence-electron chi connectivity index (χ4n) is 8.64. The van der Waals surface area contributed by atoms with E-state index in [1.54, 1.807) is 0 Å².